The number of carbonyl (C=O) groups is 4. The zero-order valence-electron chi connectivity index (χ0n) is 72.8. The predicted octanol–water partition coefficient (Wildman–Crippen LogP) is 31.2. The largest absolute Gasteiger partial charge is 0.360 e. The average Bonchev–Trinajstić information content (AvgIpc) is 1.73. The van der Waals surface area contributed by atoms with Crippen LogP contribution in [-0.2, 0) is 10.2 Å². The summed E-state index contributed by atoms with van der Waals surface area (Å²) >= 11 is 87.7. The molecule has 14 aromatic rings. The van der Waals surface area contributed by atoms with E-state index >= 15 is 0 Å². The van der Waals surface area contributed by atoms with Crippen molar-refractivity contribution in [1.82, 2.24) is 19.6 Å². The number of amides is 4. The second-order valence-electron chi connectivity index (χ2n) is 33.6. The number of rotatable bonds is 15. The van der Waals surface area contributed by atoms with Crippen LogP contribution < -0.4 is 19.6 Å². The third-order valence-corrected chi connectivity index (χ3v) is 28.9. The van der Waals surface area contributed by atoms with Crippen molar-refractivity contribution in [2.45, 2.75) is 55.3 Å². The maximum absolute atomic E-state index is 14.2. The molecule has 12 nitrogen and oxygen atoms in total. The average molecular weight is 2070 g/mol. The van der Waals surface area contributed by atoms with E-state index in [9.17, 15) is 19.2 Å². The number of halogens is 14. The molecule has 0 radical (unpaired) electrons. The van der Waals surface area contributed by atoms with E-state index in [-0.39, 0.29) is 47.8 Å². The number of anilines is 4. The maximum Gasteiger partial charge on any atom is 0.254 e. The van der Waals surface area contributed by atoms with Crippen LogP contribution in [0.5, 0.6) is 0 Å². The Bertz CT molecular complexity index is 6490. The van der Waals surface area contributed by atoms with Crippen LogP contribution in [0.1, 0.15) is 109 Å². The summed E-state index contributed by atoms with van der Waals surface area (Å²) in [7, 11) is 0. The van der Waals surface area contributed by atoms with Crippen molar-refractivity contribution in [3.05, 3.63) is 442 Å². The van der Waals surface area contributed by atoms with Gasteiger partial charge in [0.15, 0.2) is 0 Å². The van der Waals surface area contributed by atoms with Gasteiger partial charge in [-0.25, -0.2) is 0 Å². The van der Waals surface area contributed by atoms with Crippen LogP contribution in [0.4, 0.5) is 22.7 Å². The Labute approximate surface area is 857 Å². The van der Waals surface area contributed by atoms with Crippen molar-refractivity contribution < 1.29 is 19.2 Å². The first-order chi connectivity index (χ1) is 65.3. The van der Waals surface area contributed by atoms with E-state index in [1.165, 1.54) is 0 Å². The number of carbonyl (C=O) groups excluding carboxylic acids is 4. The van der Waals surface area contributed by atoms with E-state index in [1.54, 1.807) is 42.5 Å². The van der Waals surface area contributed by atoms with Crippen LogP contribution in [0.25, 0.3) is 22.3 Å². The van der Waals surface area contributed by atoms with E-state index in [0.717, 1.165) is 98.5 Å². The normalized spacial score (nSPS) is 17.0. The number of hydrogen-bond donors (Lipinski definition) is 0. The number of nitrogens with zero attached hydrogens (tertiary/aromatic N) is 8. The van der Waals surface area contributed by atoms with Crippen LogP contribution in [0.2, 0.25) is 70.3 Å². The second kappa shape index (κ2) is 45.2. The van der Waals surface area contributed by atoms with Gasteiger partial charge in [0, 0.05) is 145 Å². The van der Waals surface area contributed by atoms with Crippen molar-refractivity contribution in [2.24, 2.45) is 0 Å². The zero-order valence-corrected chi connectivity index (χ0v) is 83.4. The van der Waals surface area contributed by atoms with Crippen molar-refractivity contribution in [3.8, 4) is 22.3 Å². The lowest BCUT2D eigenvalue weighted by molar-refractivity contribution is -0.138. The molecular weight excluding hydrogens is 1980 g/mol. The molecule has 4 atom stereocenters. The molecule has 688 valence electrons. The van der Waals surface area contributed by atoms with Gasteiger partial charge in [-0.05, 0) is 221 Å². The van der Waals surface area contributed by atoms with Gasteiger partial charge in [-0.2, -0.15) is 0 Å². The predicted molar refractivity (Wildman–Crippen MR) is 563 cm³/mol. The molecule has 0 spiro atoms. The van der Waals surface area contributed by atoms with Crippen LogP contribution in [0.3, 0.4) is 0 Å². The molecule has 1 saturated carbocycles. The van der Waals surface area contributed by atoms with Crippen LogP contribution in [0, 0.1) is 0 Å². The smallest absolute Gasteiger partial charge is 0.254 e. The van der Waals surface area contributed by atoms with E-state index in [2.05, 4.69) is 48.8 Å². The van der Waals surface area contributed by atoms with E-state index in [1.807, 2.05) is 276 Å². The second-order valence-corrected chi connectivity index (χ2v) is 39.6. The third-order valence-electron chi connectivity index (χ3n) is 25.3. The quantitative estimate of drug-likeness (QED) is 0.100. The monoisotopic (exact) mass is 2060 g/mol. The highest BCUT2D eigenvalue weighted by atomic mass is 35.5. The molecule has 5 fully saturated rings. The molecule has 19 rings (SSSR count). The Balaban J connectivity index is 0.000000131. The van der Waals surface area contributed by atoms with E-state index in [4.69, 9.17) is 162 Å². The minimum Gasteiger partial charge on any atom is -0.360 e. The number of piperazine rings is 4. The number of benzene rings is 14. The standard InChI is InChI=1S/2C29H23Cl3N2O.C28H27Cl3N2O.C23H17Cl5N2O/c30-22-12-10-21(11-13-22)28-19-33(16-17-34(28)27-15-14-23(31)18-26(27)32)29(35)25-9-5-4-8-24(25)20-6-2-1-3-7-20;30-24-12-10-22(11-13-24)28-19-33(16-17-34(28)27-15-14-25(31)18-26(27)32)29(35)23-8-6-21(7-9-23)20-4-2-1-3-5-20;29-22-10-8-20(9-11-22)26-19-32(16-17-33(26)25-13-12-23(30)18-24(25)31)27(34)28(14-4-5-15-28)21-6-2-1-3-7-21;24-16-3-1-14(2-4-16)22-13-29(23(31)15-9-18(26)11-19(27)10-15)7-8-30(22)21-6-5-17(25)12-20(21)28/h2*1-15,18,28H,16-17,19H2;1-3,6-13,18,26H,4-5,14-17,19H2;1-6,9-12,22H,7-8,13H2. The minimum atomic E-state index is -0.425. The first kappa shape index (κ1) is 98.3. The van der Waals surface area contributed by atoms with Crippen molar-refractivity contribution in [3.63, 3.8) is 0 Å². The molecule has 4 heterocycles. The van der Waals surface area contributed by atoms with Crippen molar-refractivity contribution >= 4 is 209 Å². The third kappa shape index (κ3) is 23.6. The highest BCUT2D eigenvalue weighted by Gasteiger charge is 2.47. The van der Waals surface area contributed by atoms with Crippen LogP contribution in [-0.4, -0.2) is 122 Å². The van der Waals surface area contributed by atoms with Gasteiger partial charge in [0.25, 0.3) is 17.7 Å². The zero-order chi connectivity index (χ0) is 94.6. The first-order valence-electron chi connectivity index (χ1n) is 44.2. The van der Waals surface area contributed by atoms with E-state index < -0.39 is 5.41 Å². The maximum atomic E-state index is 14.2. The molecule has 4 aliphatic heterocycles. The fourth-order valence-corrected chi connectivity index (χ4v) is 21.7. The van der Waals surface area contributed by atoms with Crippen LogP contribution in [0.15, 0.2) is 328 Å². The summed E-state index contributed by atoms with van der Waals surface area (Å²) in [6.45, 7) is 6.98. The molecule has 0 N–H and O–H groups in total. The summed E-state index contributed by atoms with van der Waals surface area (Å²) in [5.74, 6) is 0.165. The van der Waals surface area contributed by atoms with E-state index in [0.29, 0.717) is 166 Å². The van der Waals surface area contributed by atoms with Gasteiger partial charge >= 0.3 is 0 Å². The van der Waals surface area contributed by atoms with Gasteiger partial charge in [-0.15, -0.1) is 0 Å². The molecule has 135 heavy (non-hydrogen) atoms. The summed E-state index contributed by atoms with van der Waals surface area (Å²) in [5.41, 5.74) is 14.6. The molecule has 14 aromatic carbocycles. The highest BCUT2D eigenvalue weighted by Crippen LogP contribution is 2.47. The topological polar surface area (TPSA) is 94.2 Å². The molecule has 4 amide bonds. The Morgan fingerprint density at radius 2 is 0.541 bits per heavy atom. The summed E-state index contributed by atoms with van der Waals surface area (Å²) < 4.78 is 0. The molecule has 0 aromatic heterocycles. The molecule has 0 bridgehead atoms. The molecule has 4 saturated heterocycles. The lowest BCUT2D eigenvalue weighted by Gasteiger charge is -2.46. The van der Waals surface area contributed by atoms with Crippen molar-refractivity contribution in [1.29, 1.82) is 0 Å². The lowest BCUT2D eigenvalue weighted by Crippen LogP contribution is -2.55. The van der Waals surface area contributed by atoms with Gasteiger partial charge in [0.2, 0.25) is 5.91 Å². The number of hydrogen-bond acceptors (Lipinski definition) is 8. The highest BCUT2D eigenvalue weighted by molar-refractivity contribution is 6.39. The van der Waals surface area contributed by atoms with Gasteiger partial charge in [-0.3, -0.25) is 19.2 Å². The van der Waals surface area contributed by atoms with Crippen LogP contribution >= 0.6 is 162 Å². The van der Waals surface area contributed by atoms with Gasteiger partial charge in [-0.1, -0.05) is 345 Å². The van der Waals surface area contributed by atoms with Gasteiger partial charge in [0.05, 0.1) is 72.4 Å². The first-order valence-corrected chi connectivity index (χ1v) is 49.5. The Morgan fingerprint density at radius 3 is 0.904 bits per heavy atom. The summed E-state index contributed by atoms with van der Waals surface area (Å²) in [6.07, 6.45) is 3.98. The Kier molecular flexibility index (Phi) is 32.9. The summed E-state index contributed by atoms with van der Waals surface area (Å²) in [4.78, 5) is 71.3. The van der Waals surface area contributed by atoms with Gasteiger partial charge in [0.1, 0.15) is 0 Å². The Morgan fingerprint density at radius 1 is 0.244 bits per heavy atom. The van der Waals surface area contributed by atoms with Gasteiger partial charge < -0.3 is 39.2 Å². The van der Waals surface area contributed by atoms with Crippen molar-refractivity contribution in [2.75, 3.05) is 98.1 Å². The fourth-order valence-electron chi connectivity index (χ4n) is 18.6. The fraction of sp³-hybridized carbons (Fsp3) is 0.193. The lowest BCUT2D eigenvalue weighted by atomic mass is 9.77. The Hall–Kier alpha value is -9.78. The SMILES string of the molecule is O=C(N1CCN(c2ccc(Cl)cc2Cl)C(c2ccc(Cl)cc2)C1)C1(c2ccccc2)CCCC1.O=C(c1cc(Cl)cc(Cl)c1)N1CCN(c2ccc(Cl)cc2Cl)C(c2ccc(Cl)cc2)C1.O=C(c1ccc(-c2ccccc2)cc1)N1CCN(c2ccc(Cl)cc2Cl)C(c2ccc(Cl)cc2)C1.O=C(c1ccccc1-c1ccccc1)N1CCN(c2ccc(Cl)cc2Cl)C(c2ccc(Cl)cc2)C1. The molecule has 26 heteroatoms. The molecule has 4 unspecified atom stereocenters. The minimum absolute atomic E-state index is 0.0188. The summed E-state index contributed by atoms with van der Waals surface area (Å²) in [6, 6.07) is 104. The summed E-state index contributed by atoms with van der Waals surface area (Å²) in [5, 5.41) is 8.26. The molecular formula is C109H90Cl14N8O4. The molecule has 1 aliphatic carbocycles. The molecule has 5 aliphatic rings.